The molecule has 0 N–H and O–H groups in total. The fourth-order valence-corrected chi connectivity index (χ4v) is 7.65. The van der Waals surface area contributed by atoms with Crippen molar-refractivity contribution in [2.45, 2.75) is 284 Å². The van der Waals surface area contributed by atoms with Crippen LogP contribution < -0.4 is 0 Å². The van der Waals surface area contributed by atoms with Gasteiger partial charge in [-0.3, -0.25) is 14.4 Å². The Morgan fingerprint density at radius 2 is 0.603 bits per heavy atom. The monoisotopic (exact) mass is 883 g/mol. The van der Waals surface area contributed by atoms with E-state index < -0.39 is 6.10 Å². The number of rotatable bonds is 49. The van der Waals surface area contributed by atoms with E-state index in [4.69, 9.17) is 14.2 Å². The molecule has 0 bridgehead atoms. The van der Waals surface area contributed by atoms with Gasteiger partial charge in [-0.15, -0.1) is 0 Å². The number of esters is 3. The SMILES string of the molecule is CCC/C=C\CCCCCCCC(=O)OCC(COC(=O)CCCCCCCCCCCCCCC/C=C\C/C=C\CCCCCCC)OC(=O)CCCCCCC/C=C\CCC. The zero-order chi connectivity index (χ0) is 45.8. The van der Waals surface area contributed by atoms with Gasteiger partial charge in [0.15, 0.2) is 6.10 Å². The van der Waals surface area contributed by atoms with Gasteiger partial charge in [0.05, 0.1) is 0 Å². The molecule has 0 fully saturated rings. The van der Waals surface area contributed by atoms with Crippen LogP contribution in [0.3, 0.4) is 0 Å². The van der Waals surface area contributed by atoms with Crippen molar-refractivity contribution >= 4 is 17.9 Å². The second-order valence-electron chi connectivity index (χ2n) is 18.1. The highest BCUT2D eigenvalue weighted by Crippen LogP contribution is 2.15. The molecule has 0 rings (SSSR count). The van der Waals surface area contributed by atoms with E-state index in [2.05, 4.69) is 69.4 Å². The molecular weight excluding hydrogens is 781 g/mol. The van der Waals surface area contributed by atoms with Crippen LogP contribution in [0.2, 0.25) is 0 Å². The van der Waals surface area contributed by atoms with Gasteiger partial charge in [0, 0.05) is 19.3 Å². The van der Waals surface area contributed by atoms with Crippen molar-refractivity contribution in [2.75, 3.05) is 13.2 Å². The first-order chi connectivity index (χ1) is 31.0. The van der Waals surface area contributed by atoms with Gasteiger partial charge in [-0.2, -0.15) is 0 Å². The molecule has 366 valence electrons. The van der Waals surface area contributed by atoms with Crippen molar-refractivity contribution in [1.82, 2.24) is 0 Å². The van der Waals surface area contributed by atoms with E-state index in [1.165, 1.54) is 141 Å². The summed E-state index contributed by atoms with van der Waals surface area (Å²) < 4.78 is 16.7. The van der Waals surface area contributed by atoms with Gasteiger partial charge in [-0.05, 0) is 89.9 Å². The summed E-state index contributed by atoms with van der Waals surface area (Å²) in [5, 5.41) is 0. The van der Waals surface area contributed by atoms with Gasteiger partial charge in [0.25, 0.3) is 0 Å². The van der Waals surface area contributed by atoms with Crippen LogP contribution >= 0.6 is 0 Å². The minimum absolute atomic E-state index is 0.0785. The molecule has 0 heterocycles. The lowest BCUT2D eigenvalue weighted by Gasteiger charge is -2.18. The maximum Gasteiger partial charge on any atom is 0.306 e. The van der Waals surface area contributed by atoms with Crippen molar-refractivity contribution in [1.29, 1.82) is 0 Å². The molecule has 0 aromatic rings. The number of carbonyl (C=O) groups excluding carboxylic acids is 3. The summed E-state index contributed by atoms with van der Waals surface area (Å²) in [5.41, 5.74) is 0. The van der Waals surface area contributed by atoms with Crippen molar-refractivity contribution in [3.63, 3.8) is 0 Å². The first kappa shape index (κ1) is 60.4. The molecule has 0 aromatic carbocycles. The zero-order valence-electron chi connectivity index (χ0n) is 41.8. The molecule has 0 spiro atoms. The van der Waals surface area contributed by atoms with Gasteiger partial charge in [-0.1, -0.05) is 217 Å². The third-order valence-electron chi connectivity index (χ3n) is 11.7. The van der Waals surface area contributed by atoms with Crippen molar-refractivity contribution in [3.8, 4) is 0 Å². The fourth-order valence-electron chi connectivity index (χ4n) is 7.65. The summed E-state index contributed by atoms with van der Waals surface area (Å²) >= 11 is 0. The molecule has 63 heavy (non-hydrogen) atoms. The molecule has 1 atom stereocenters. The van der Waals surface area contributed by atoms with E-state index in [1.54, 1.807) is 0 Å². The Labute approximate surface area is 390 Å². The first-order valence-electron chi connectivity index (χ1n) is 27.1. The average molecular weight is 883 g/mol. The Kier molecular flexibility index (Phi) is 49.8. The number of hydrogen-bond donors (Lipinski definition) is 0. The third kappa shape index (κ3) is 50.2. The van der Waals surface area contributed by atoms with Crippen LogP contribution in [-0.2, 0) is 28.6 Å². The van der Waals surface area contributed by atoms with E-state index in [9.17, 15) is 14.4 Å². The summed E-state index contributed by atoms with van der Waals surface area (Å²) in [6.07, 6.45) is 62.6. The highest BCUT2D eigenvalue weighted by molar-refractivity contribution is 5.71. The topological polar surface area (TPSA) is 78.9 Å². The summed E-state index contributed by atoms with van der Waals surface area (Å²) in [6.45, 7) is 6.50. The molecular formula is C57H102O6. The lowest BCUT2D eigenvalue weighted by Crippen LogP contribution is -2.30. The second kappa shape index (κ2) is 52.0. The maximum atomic E-state index is 12.7. The van der Waals surface area contributed by atoms with Crippen LogP contribution in [0.4, 0.5) is 0 Å². The highest BCUT2D eigenvalue weighted by Gasteiger charge is 2.19. The zero-order valence-corrected chi connectivity index (χ0v) is 41.8. The standard InChI is InChI=1S/C57H102O6/c1-4-7-10-13-16-19-22-23-24-25-26-27-28-29-30-31-32-33-34-35-36-39-41-44-47-50-56(59)62-53-54(63-57(60)51-48-45-42-38-21-18-15-12-9-6-3)52-61-55(58)49-46-43-40-37-20-17-14-11-8-5-2/h11-12,14-15,22-23,25-26,54H,4-10,13,16-21,24,27-53H2,1-3H3/b14-11-,15-12-,23-22-,26-25-. The molecule has 1 unspecified atom stereocenters. The van der Waals surface area contributed by atoms with Gasteiger partial charge < -0.3 is 14.2 Å². The largest absolute Gasteiger partial charge is 0.462 e. The molecule has 0 saturated heterocycles. The van der Waals surface area contributed by atoms with Crippen LogP contribution in [0.25, 0.3) is 0 Å². The summed E-state index contributed by atoms with van der Waals surface area (Å²) in [5.74, 6) is -0.896. The molecule has 0 aliphatic rings. The minimum atomic E-state index is -0.777. The van der Waals surface area contributed by atoms with Gasteiger partial charge in [0.2, 0.25) is 0 Å². The normalized spacial score (nSPS) is 12.4. The summed E-state index contributed by atoms with van der Waals surface area (Å²) in [7, 11) is 0. The number of allylic oxidation sites excluding steroid dienone is 8. The lowest BCUT2D eigenvalue weighted by atomic mass is 10.0. The number of carbonyl (C=O) groups is 3. The molecule has 0 aliphatic carbocycles. The van der Waals surface area contributed by atoms with Crippen LogP contribution in [0, 0.1) is 0 Å². The molecule has 0 amide bonds. The van der Waals surface area contributed by atoms with Gasteiger partial charge >= 0.3 is 17.9 Å². The summed E-state index contributed by atoms with van der Waals surface area (Å²) in [6, 6.07) is 0. The number of hydrogen-bond acceptors (Lipinski definition) is 6. The van der Waals surface area contributed by atoms with E-state index >= 15 is 0 Å². The van der Waals surface area contributed by atoms with E-state index in [1.807, 2.05) is 0 Å². The smallest absolute Gasteiger partial charge is 0.306 e. The highest BCUT2D eigenvalue weighted by atomic mass is 16.6. The van der Waals surface area contributed by atoms with Gasteiger partial charge in [0.1, 0.15) is 13.2 Å². The van der Waals surface area contributed by atoms with Crippen LogP contribution in [0.15, 0.2) is 48.6 Å². The molecule has 0 radical (unpaired) electrons. The maximum absolute atomic E-state index is 12.7. The second-order valence-corrected chi connectivity index (χ2v) is 18.1. The van der Waals surface area contributed by atoms with Crippen LogP contribution in [0.1, 0.15) is 278 Å². The molecule has 0 saturated carbocycles. The van der Waals surface area contributed by atoms with Crippen molar-refractivity contribution in [2.24, 2.45) is 0 Å². The average Bonchev–Trinajstić information content (AvgIpc) is 3.28. The Balaban J connectivity index is 4.14. The van der Waals surface area contributed by atoms with Crippen molar-refractivity contribution < 1.29 is 28.6 Å². The Morgan fingerprint density at radius 1 is 0.317 bits per heavy atom. The molecule has 6 nitrogen and oxygen atoms in total. The lowest BCUT2D eigenvalue weighted by molar-refractivity contribution is -0.167. The number of ether oxygens (including phenoxy) is 3. The minimum Gasteiger partial charge on any atom is -0.462 e. The Hall–Kier alpha value is -2.63. The first-order valence-corrected chi connectivity index (χ1v) is 27.1. The quantitative estimate of drug-likeness (QED) is 0.0262. The molecule has 0 aliphatic heterocycles. The molecule has 0 aromatic heterocycles. The predicted molar refractivity (Wildman–Crippen MR) is 270 cm³/mol. The number of unbranched alkanes of at least 4 members (excludes halogenated alkanes) is 30. The summed E-state index contributed by atoms with van der Waals surface area (Å²) in [4.78, 5) is 37.8. The van der Waals surface area contributed by atoms with Gasteiger partial charge in [-0.25, -0.2) is 0 Å². The van der Waals surface area contributed by atoms with E-state index in [-0.39, 0.29) is 31.1 Å². The molecule has 6 heteroatoms. The predicted octanol–water partition coefficient (Wildman–Crippen LogP) is 17.9. The van der Waals surface area contributed by atoms with Crippen LogP contribution in [-0.4, -0.2) is 37.2 Å². The third-order valence-corrected chi connectivity index (χ3v) is 11.7. The van der Waals surface area contributed by atoms with Crippen LogP contribution in [0.5, 0.6) is 0 Å². The fraction of sp³-hybridized carbons (Fsp3) is 0.807. The Morgan fingerprint density at radius 3 is 0.952 bits per heavy atom. The van der Waals surface area contributed by atoms with Crippen molar-refractivity contribution in [3.05, 3.63) is 48.6 Å². The van der Waals surface area contributed by atoms with E-state index in [0.29, 0.717) is 19.3 Å². The Bertz CT molecular complexity index is 1110. The van der Waals surface area contributed by atoms with E-state index in [0.717, 1.165) is 96.3 Å².